The molecule has 6 heteroatoms. The first-order valence-corrected chi connectivity index (χ1v) is 8.61. The maximum absolute atomic E-state index is 5.36. The summed E-state index contributed by atoms with van der Waals surface area (Å²) in [6.07, 6.45) is 7.57. The van der Waals surface area contributed by atoms with Crippen LogP contribution in [-0.4, -0.2) is 63.8 Å². The second-order valence-corrected chi connectivity index (χ2v) is 5.65. The summed E-state index contributed by atoms with van der Waals surface area (Å²) in [6, 6.07) is 0. The van der Waals surface area contributed by atoms with Crippen molar-refractivity contribution in [2.75, 3.05) is 53.0 Å². The molecule has 0 bridgehead atoms. The molecule has 0 aromatic heterocycles. The lowest BCUT2D eigenvalue weighted by Gasteiger charge is -2.26. The van der Waals surface area contributed by atoms with E-state index >= 15 is 0 Å². The van der Waals surface area contributed by atoms with Gasteiger partial charge >= 0.3 is 0 Å². The molecule has 1 fully saturated rings. The molecule has 1 rings (SSSR count). The Kier molecular flexibility index (Phi) is 15.7. The number of halogens is 1. The normalized spacial score (nSPS) is 16.2. The lowest BCUT2D eigenvalue weighted by Crippen LogP contribution is -2.39. The average molecular weight is 426 g/mol. The van der Waals surface area contributed by atoms with Crippen LogP contribution < -0.4 is 10.6 Å². The van der Waals surface area contributed by atoms with E-state index in [1.807, 2.05) is 7.05 Å². The van der Waals surface area contributed by atoms with Gasteiger partial charge in [-0.1, -0.05) is 26.2 Å². The zero-order chi connectivity index (χ0) is 15.2. The molecule has 5 nitrogen and oxygen atoms in total. The topological polar surface area (TPSA) is 48.9 Å². The predicted molar refractivity (Wildman–Crippen MR) is 105 cm³/mol. The molecule has 0 unspecified atom stereocenters. The minimum absolute atomic E-state index is 0. The molecule has 0 amide bonds. The second kappa shape index (κ2) is 15.8. The van der Waals surface area contributed by atoms with Crippen molar-refractivity contribution in [2.45, 2.75) is 45.4 Å². The van der Waals surface area contributed by atoms with Gasteiger partial charge in [-0.05, 0) is 25.8 Å². The van der Waals surface area contributed by atoms with Gasteiger partial charge in [-0.3, -0.25) is 9.89 Å². The Morgan fingerprint density at radius 2 is 1.64 bits per heavy atom. The van der Waals surface area contributed by atoms with Gasteiger partial charge in [0.05, 0.1) is 13.2 Å². The molecule has 1 saturated heterocycles. The standard InChI is InChI=1S/C16H34N4O.HI/c1-3-4-5-6-9-18-16(17-2)19-10-7-8-11-20-12-14-21-15-13-20;/h3-15H2,1-2H3,(H2,17,18,19);1H. The van der Waals surface area contributed by atoms with Crippen molar-refractivity contribution in [3.8, 4) is 0 Å². The summed E-state index contributed by atoms with van der Waals surface area (Å²) in [6.45, 7) is 9.42. The van der Waals surface area contributed by atoms with Gasteiger partial charge in [-0.25, -0.2) is 0 Å². The third kappa shape index (κ3) is 11.5. The number of hydrogen-bond acceptors (Lipinski definition) is 3. The van der Waals surface area contributed by atoms with E-state index in [9.17, 15) is 0 Å². The van der Waals surface area contributed by atoms with Crippen LogP contribution in [0, 0.1) is 0 Å². The van der Waals surface area contributed by atoms with Crippen LogP contribution in [0.1, 0.15) is 45.4 Å². The number of aliphatic imine (C=N–C) groups is 1. The fraction of sp³-hybridized carbons (Fsp3) is 0.938. The number of hydrogen-bond donors (Lipinski definition) is 2. The van der Waals surface area contributed by atoms with Crippen molar-refractivity contribution in [3.05, 3.63) is 0 Å². The number of guanidine groups is 1. The second-order valence-electron chi connectivity index (χ2n) is 5.65. The van der Waals surface area contributed by atoms with Gasteiger partial charge in [0.25, 0.3) is 0 Å². The zero-order valence-corrected chi connectivity index (χ0v) is 16.7. The quantitative estimate of drug-likeness (QED) is 0.244. The third-order valence-corrected chi connectivity index (χ3v) is 3.84. The first-order valence-electron chi connectivity index (χ1n) is 8.61. The van der Waals surface area contributed by atoms with Crippen LogP contribution in [0.15, 0.2) is 4.99 Å². The van der Waals surface area contributed by atoms with E-state index < -0.39 is 0 Å². The minimum Gasteiger partial charge on any atom is -0.379 e. The highest BCUT2D eigenvalue weighted by molar-refractivity contribution is 14.0. The van der Waals surface area contributed by atoms with Gasteiger partial charge in [0.15, 0.2) is 5.96 Å². The molecule has 0 aromatic rings. The Bertz CT molecular complexity index is 271. The summed E-state index contributed by atoms with van der Waals surface area (Å²) in [5.41, 5.74) is 0. The Morgan fingerprint density at radius 1 is 1.00 bits per heavy atom. The Hall–Kier alpha value is -0.0800. The minimum atomic E-state index is 0. The number of unbranched alkanes of at least 4 members (excludes halogenated alkanes) is 4. The summed E-state index contributed by atoms with van der Waals surface area (Å²) < 4.78 is 5.36. The van der Waals surface area contributed by atoms with E-state index in [1.54, 1.807) is 0 Å². The van der Waals surface area contributed by atoms with Gasteiger partial charge < -0.3 is 15.4 Å². The van der Waals surface area contributed by atoms with Gasteiger partial charge in [-0.2, -0.15) is 0 Å². The number of rotatable bonds is 10. The smallest absolute Gasteiger partial charge is 0.190 e. The molecule has 1 aliphatic heterocycles. The number of nitrogens with one attached hydrogen (secondary N) is 2. The lowest BCUT2D eigenvalue weighted by molar-refractivity contribution is 0.0372. The molecule has 0 aromatic carbocycles. The summed E-state index contributed by atoms with van der Waals surface area (Å²) in [4.78, 5) is 6.75. The zero-order valence-electron chi connectivity index (χ0n) is 14.4. The van der Waals surface area contributed by atoms with Crippen LogP contribution in [0.4, 0.5) is 0 Å². The van der Waals surface area contributed by atoms with E-state index in [0.717, 1.165) is 45.4 Å². The third-order valence-electron chi connectivity index (χ3n) is 3.84. The maximum Gasteiger partial charge on any atom is 0.190 e. The molecule has 0 atom stereocenters. The van der Waals surface area contributed by atoms with E-state index in [-0.39, 0.29) is 24.0 Å². The van der Waals surface area contributed by atoms with Crippen molar-refractivity contribution >= 4 is 29.9 Å². The highest BCUT2D eigenvalue weighted by atomic mass is 127. The monoisotopic (exact) mass is 426 g/mol. The summed E-state index contributed by atoms with van der Waals surface area (Å²) in [7, 11) is 1.84. The van der Waals surface area contributed by atoms with E-state index in [0.29, 0.717) is 0 Å². The van der Waals surface area contributed by atoms with E-state index in [2.05, 4.69) is 27.4 Å². The van der Waals surface area contributed by atoms with Crippen LogP contribution in [0.25, 0.3) is 0 Å². The highest BCUT2D eigenvalue weighted by Gasteiger charge is 2.08. The number of morpholine rings is 1. The Balaban J connectivity index is 0.00000441. The first-order chi connectivity index (χ1) is 10.4. The molecule has 22 heavy (non-hydrogen) atoms. The highest BCUT2D eigenvalue weighted by Crippen LogP contribution is 1.99. The van der Waals surface area contributed by atoms with Gasteiger partial charge in [0.2, 0.25) is 0 Å². The molecule has 132 valence electrons. The fourth-order valence-corrected chi connectivity index (χ4v) is 2.47. The average Bonchev–Trinajstić information content (AvgIpc) is 2.53. The molecule has 0 aliphatic carbocycles. The van der Waals surface area contributed by atoms with Crippen molar-refractivity contribution in [2.24, 2.45) is 4.99 Å². The van der Waals surface area contributed by atoms with Crippen LogP contribution in [-0.2, 0) is 4.74 Å². The summed E-state index contributed by atoms with van der Waals surface area (Å²) >= 11 is 0. The van der Waals surface area contributed by atoms with Crippen molar-refractivity contribution in [3.63, 3.8) is 0 Å². The van der Waals surface area contributed by atoms with Crippen molar-refractivity contribution in [1.29, 1.82) is 0 Å². The maximum atomic E-state index is 5.36. The van der Waals surface area contributed by atoms with E-state index in [1.165, 1.54) is 45.1 Å². The van der Waals surface area contributed by atoms with Crippen LogP contribution >= 0.6 is 24.0 Å². The largest absolute Gasteiger partial charge is 0.379 e. The molecule has 2 N–H and O–H groups in total. The van der Waals surface area contributed by atoms with Crippen LogP contribution in [0.2, 0.25) is 0 Å². The van der Waals surface area contributed by atoms with Crippen molar-refractivity contribution < 1.29 is 4.74 Å². The lowest BCUT2D eigenvalue weighted by atomic mass is 10.2. The van der Waals surface area contributed by atoms with Crippen molar-refractivity contribution in [1.82, 2.24) is 15.5 Å². The molecule has 0 radical (unpaired) electrons. The molecular formula is C16H35IN4O. The molecular weight excluding hydrogens is 391 g/mol. The molecule has 1 heterocycles. The number of nitrogens with zero attached hydrogens (tertiary/aromatic N) is 2. The number of ether oxygens (including phenoxy) is 1. The first kappa shape index (κ1) is 21.9. The molecule has 1 aliphatic rings. The summed E-state index contributed by atoms with van der Waals surface area (Å²) in [5.74, 6) is 0.942. The van der Waals surface area contributed by atoms with Crippen LogP contribution in [0.5, 0.6) is 0 Å². The Labute approximate surface area is 153 Å². The van der Waals surface area contributed by atoms with Gasteiger partial charge in [0, 0.05) is 33.2 Å². The van der Waals surface area contributed by atoms with E-state index in [4.69, 9.17) is 4.74 Å². The Morgan fingerprint density at radius 3 is 2.23 bits per heavy atom. The van der Waals surface area contributed by atoms with Gasteiger partial charge in [0.1, 0.15) is 0 Å². The fourth-order valence-electron chi connectivity index (χ4n) is 2.47. The molecule has 0 spiro atoms. The SMILES string of the molecule is CCCCCCNC(=NC)NCCCCN1CCOCC1.I. The molecule has 0 saturated carbocycles. The predicted octanol–water partition coefficient (Wildman–Crippen LogP) is 2.46. The van der Waals surface area contributed by atoms with Crippen LogP contribution in [0.3, 0.4) is 0 Å². The van der Waals surface area contributed by atoms with Gasteiger partial charge in [-0.15, -0.1) is 24.0 Å². The summed E-state index contributed by atoms with van der Waals surface area (Å²) in [5, 5.41) is 6.77.